The quantitative estimate of drug-likeness (QED) is 0.886. The summed E-state index contributed by atoms with van der Waals surface area (Å²) < 4.78 is 13.2. The van der Waals surface area contributed by atoms with E-state index in [9.17, 15) is 9.18 Å². The van der Waals surface area contributed by atoms with Gasteiger partial charge < -0.3 is 4.90 Å². The summed E-state index contributed by atoms with van der Waals surface area (Å²) in [5, 5.41) is 3.11. The second kappa shape index (κ2) is 5.51. The Morgan fingerprint density at radius 1 is 1.59 bits per heavy atom. The van der Waals surface area contributed by atoms with E-state index in [2.05, 4.69) is 5.32 Å². The molecule has 1 aliphatic rings. The minimum Gasteiger partial charge on any atom is -0.321 e. The van der Waals surface area contributed by atoms with E-state index in [0.29, 0.717) is 13.1 Å². The average molecular weight is 254 g/mol. The molecule has 1 amide bonds. The number of carbonyl (C=O) groups excluding carboxylic acids is 1. The van der Waals surface area contributed by atoms with Gasteiger partial charge in [0.2, 0.25) is 5.91 Å². The lowest BCUT2D eigenvalue weighted by molar-refractivity contribution is -0.127. The molecule has 0 saturated carbocycles. The minimum atomic E-state index is -0.270. The van der Waals surface area contributed by atoms with E-state index in [-0.39, 0.29) is 17.9 Å². The minimum absolute atomic E-state index is 0.0771. The number of amides is 1. The van der Waals surface area contributed by atoms with Crippen molar-refractivity contribution in [2.75, 3.05) is 25.1 Å². The molecule has 1 fully saturated rings. The van der Waals surface area contributed by atoms with Crippen LogP contribution in [0.3, 0.4) is 0 Å². The van der Waals surface area contributed by atoms with Gasteiger partial charge in [0.05, 0.1) is 6.54 Å². The largest absolute Gasteiger partial charge is 0.321 e. The third-order valence-electron chi connectivity index (χ3n) is 2.78. The molecule has 1 aliphatic heterocycles. The maximum atomic E-state index is 13.2. The first-order chi connectivity index (χ1) is 8.22. The fourth-order valence-corrected chi connectivity index (χ4v) is 2.34. The molecule has 0 spiro atoms. The van der Waals surface area contributed by atoms with Gasteiger partial charge >= 0.3 is 0 Å². The van der Waals surface area contributed by atoms with Gasteiger partial charge in [-0.15, -0.1) is 0 Å². The van der Waals surface area contributed by atoms with Crippen molar-refractivity contribution in [3.05, 3.63) is 35.6 Å². The standard InChI is InChI=1S/C12H15FN2OS/c1-17-6-5-15-11(16)8-14-12(15)9-3-2-4-10(13)7-9/h2-4,7,12,14H,5-6,8H2,1H3. The predicted octanol–water partition coefficient (Wildman–Crippen LogP) is 1.62. The van der Waals surface area contributed by atoms with Crippen LogP contribution in [0.15, 0.2) is 24.3 Å². The van der Waals surface area contributed by atoms with Crippen LogP contribution < -0.4 is 5.32 Å². The fourth-order valence-electron chi connectivity index (χ4n) is 1.96. The first kappa shape index (κ1) is 12.4. The van der Waals surface area contributed by atoms with E-state index >= 15 is 0 Å². The number of rotatable bonds is 4. The number of nitrogens with one attached hydrogen (secondary N) is 1. The number of halogens is 1. The molecule has 0 aliphatic carbocycles. The Morgan fingerprint density at radius 3 is 3.12 bits per heavy atom. The van der Waals surface area contributed by atoms with Gasteiger partial charge in [-0.25, -0.2) is 4.39 Å². The highest BCUT2D eigenvalue weighted by Crippen LogP contribution is 2.23. The van der Waals surface area contributed by atoms with Gasteiger partial charge in [-0.05, 0) is 24.0 Å². The predicted molar refractivity (Wildman–Crippen MR) is 67.2 cm³/mol. The number of thioether (sulfide) groups is 1. The molecule has 1 heterocycles. The molecule has 1 aromatic carbocycles. The Hall–Kier alpha value is -1.07. The van der Waals surface area contributed by atoms with E-state index < -0.39 is 0 Å². The van der Waals surface area contributed by atoms with E-state index in [4.69, 9.17) is 0 Å². The van der Waals surface area contributed by atoms with Crippen LogP contribution in [0, 0.1) is 5.82 Å². The van der Waals surface area contributed by atoms with Crippen LogP contribution >= 0.6 is 11.8 Å². The third kappa shape index (κ3) is 2.79. The van der Waals surface area contributed by atoms with Crippen molar-refractivity contribution in [3.63, 3.8) is 0 Å². The van der Waals surface area contributed by atoms with E-state index in [1.54, 1.807) is 22.7 Å². The van der Waals surface area contributed by atoms with E-state index in [1.165, 1.54) is 12.1 Å². The molecule has 17 heavy (non-hydrogen) atoms. The van der Waals surface area contributed by atoms with Gasteiger partial charge in [0, 0.05) is 12.3 Å². The molecule has 0 aromatic heterocycles. The van der Waals surface area contributed by atoms with Gasteiger partial charge in [0.15, 0.2) is 0 Å². The Morgan fingerprint density at radius 2 is 2.41 bits per heavy atom. The molecule has 2 rings (SSSR count). The van der Waals surface area contributed by atoms with Gasteiger partial charge in [0.25, 0.3) is 0 Å². The molecule has 3 nitrogen and oxygen atoms in total. The number of carbonyl (C=O) groups is 1. The normalized spacial score (nSPS) is 20.0. The lowest BCUT2D eigenvalue weighted by Gasteiger charge is -2.24. The molecule has 1 unspecified atom stereocenters. The van der Waals surface area contributed by atoms with E-state index in [0.717, 1.165) is 11.3 Å². The summed E-state index contributed by atoms with van der Waals surface area (Å²) in [6.45, 7) is 1.02. The average Bonchev–Trinajstić information content (AvgIpc) is 2.68. The highest BCUT2D eigenvalue weighted by Gasteiger charge is 2.30. The molecule has 0 radical (unpaired) electrons. The van der Waals surface area contributed by atoms with Crippen LogP contribution in [-0.4, -0.2) is 35.9 Å². The van der Waals surface area contributed by atoms with Crippen LogP contribution in [0.5, 0.6) is 0 Å². The maximum Gasteiger partial charge on any atom is 0.238 e. The van der Waals surface area contributed by atoms with Crippen LogP contribution in [-0.2, 0) is 4.79 Å². The monoisotopic (exact) mass is 254 g/mol. The topological polar surface area (TPSA) is 32.3 Å². The Bertz CT molecular complexity index is 413. The molecule has 1 saturated heterocycles. The van der Waals surface area contributed by atoms with Crippen LogP contribution in [0.4, 0.5) is 4.39 Å². The summed E-state index contributed by atoms with van der Waals surface area (Å²) in [5.41, 5.74) is 0.803. The first-order valence-electron chi connectivity index (χ1n) is 5.49. The number of hydrogen-bond donors (Lipinski definition) is 1. The van der Waals surface area contributed by atoms with Crippen molar-refractivity contribution in [2.45, 2.75) is 6.17 Å². The lowest BCUT2D eigenvalue weighted by Crippen LogP contribution is -2.32. The zero-order valence-corrected chi connectivity index (χ0v) is 10.5. The van der Waals surface area contributed by atoms with Crippen LogP contribution in [0.2, 0.25) is 0 Å². The first-order valence-corrected chi connectivity index (χ1v) is 6.89. The fraction of sp³-hybridized carbons (Fsp3) is 0.417. The Balaban J connectivity index is 2.16. The molecular formula is C12H15FN2OS. The van der Waals surface area contributed by atoms with E-state index in [1.807, 2.05) is 12.3 Å². The molecule has 1 atom stereocenters. The summed E-state index contributed by atoms with van der Waals surface area (Å²) in [6, 6.07) is 6.39. The highest BCUT2D eigenvalue weighted by molar-refractivity contribution is 7.98. The van der Waals surface area contributed by atoms with Crippen molar-refractivity contribution in [1.29, 1.82) is 0 Å². The number of hydrogen-bond acceptors (Lipinski definition) is 3. The second-order valence-corrected chi connectivity index (χ2v) is 4.90. The Kier molecular flexibility index (Phi) is 4.02. The van der Waals surface area contributed by atoms with Gasteiger partial charge in [0.1, 0.15) is 12.0 Å². The highest BCUT2D eigenvalue weighted by atomic mass is 32.2. The molecule has 5 heteroatoms. The summed E-state index contributed by atoms with van der Waals surface area (Å²) in [6.07, 6.45) is 1.82. The van der Waals surface area contributed by atoms with Crippen LogP contribution in [0.25, 0.3) is 0 Å². The molecule has 1 N–H and O–H groups in total. The lowest BCUT2D eigenvalue weighted by atomic mass is 10.1. The van der Waals surface area contributed by atoms with Gasteiger partial charge in [-0.3, -0.25) is 10.1 Å². The number of nitrogens with zero attached hydrogens (tertiary/aromatic N) is 1. The summed E-state index contributed by atoms with van der Waals surface area (Å²) in [5.74, 6) is 0.695. The molecule has 92 valence electrons. The van der Waals surface area contributed by atoms with Crippen molar-refractivity contribution < 1.29 is 9.18 Å². The Labute approximate surface area is 104 Å². The zero-order chi connectivity index (χ0) is 12.3. The molecule has 0 bridgehead atoms. The zero-order valence-electron chi connectivity index (χ0n) is 9.65. The summed E-state index contributed by atoms with van der Waals surface area (Å²) in [7, 11) is 0. The molecule has 1 aromatic rings. The third-order valence-corrected chi connectivity index (χ3v) is 3.37. The van der Waals surface area contributed by atoms with Crippen molar-refractivity contribution >= 4 is 17.7 Å². The van der Waals surface area contributed by atoms with Gasteiger partial charge in [-0.1, -0.05) is 12.1 Å². The van der Waals surface area contributed by atoms with Crippen molar-refractivity contribution in [1.82, 2.24) is 10.2 Å². The smallest absolute Gasteiger partial charge is 0.238 e. The van der Waals surface area contributed by atoms with Gasteiger partial charge in [-0.2, -0.15) is 11.8 Å². The second-order valence-electron chi connectivity index (χ2n) is 3.92. The molecular weight excluding hydrogens is 239 g/mol. The van der Waals surface area contributed by atoms with Crippen molar-refractivity contribution in [3.8, 4) is 0 Å². The maximum absolute atomic E-state index is 13.2. The number of benzene rings is 1. The summed E-state index contributed by atoms with van der Waals surface area (Å²) >= 11 is 1.70. The SMILES string of the molecule is CSCCN1C(=O)CNC1c1cccc(F)c1. The summed E-state index contributed by atoms with van der Waals surface area (Å²) in [4.78, 5) is 13.5. The van der Waals surface area contributed by atoms with Crippen molar-refractivity contribution in [2.24, 2.45) is 0 Å². The van der Waals surface area contributed by atoms with Crippen LogP contribution in [0.1, 0.15) is 11.7 Å².